The minimum absolute atomic E-state index is 0.229. The van der Waals surface area contributed by atoms with Gasteiger partial charge in [-0.2, -0.15) is 5.26 Å². The van der Waals surface area contributed by atoms with Crippen LogP contribution in [0.4, 0.5) is 0 Å². The lowest BCUT2D eigenvalue weighted by atomic mass is 9.70. The molecule has 27 heavy (non-hydrogen) atoms. The highest BCUT2D eigenvalue weighted by Crippen LogP contribution is 2.43. The van der Waals surface area contributed by atoms with Crippen molar-refractivity contribution in [2.75, 3.05) is 20.1 Å². The summed E-state index contributed by atoms with van der Waals surface area (Å²) < 4.78 is 2.01. The average molecular weight is 492 g/mol. The van der Waals surface area contributed by atoms with E-state index >= 15 is 0 Å². The molecule has 0 spiro atoms. The SMILES string of the molecule is CC(C)C(C#N)(CCCN(C)CCc1ccccc1)c1c(Br)cccc1Br. The Morgan fingerprint density at radius 2 is 1.63 bits per heavy atom. The minimum atomic E-state index is -0.501. The third-order valence-corrected chi connectivity index (χ3v) is 6.65. The van der Waals surface area contributed by atoms with Gasteiger partial charge in [0.2, 0.25) is 0 Å². The van der Waals surface area contributed by atoms with E-state index in [1.807, 2.05) is 18.2 Å². The molecule has 0 saturated carbocycles. The molecule has 1 atom stereocenters. The summed E-state index contributed by atoms with van der Waals surface area (Å²) >= 11 is 7.34. The van der Waals surface area contributed by atoms with E-state index in [1.165, 1.54) is 5.56 Å². The molecule has 0 radical (unpaired) electrons. The number of hydrogen-bond acceptors (Lipinski definition) is 2. The molecule has 2 aromatic carbocycles. The number of nitrogens with zero attached hydrogens (tertiary/aromatic N) is 2. The van der Waals surface area contributed by atoms with E-state index in [0.29, 0.717) is 0 Å². The molecule has 0 aromatic heterocycles. The van der Waals surface area contributed by atoms with Crippen LogP contribution in [0.1, 0.15) is 37.8 Å². The number of hydrogen-bond donors (Lipinski definition) is 0. The first-order chi connectivity index (χ1) is 12.9. The van der Waals surface area contributed by atoms with Crippen molar-refractivity contribution < 1.29 is 0 Å². The Hall–Kier alpha value is -1.15. The van der Waals surface area contributed by atoms with Crippen LogP contribution in [-0.2, 0) is 11.8 Å². The molecule has 0 fully saturated rings. The average Bonchev–Trinajstić information content (AvgIpc) is 2.65. The first kappa shape index (κ1) is 22.1. The second-order valence-corrected chi connectivity index (χ2v) is 9.19. The second kappa shape index (κ2) is 10.4. The monoisotopic (exact) mass is 490 g/mol. The molecule has 2 aromatic rings. The Morgan fingerprint density at radius 3 is 2.19 bits per heavy atom. The van der Waals surface area contributed by atoms with Gasteiger partial charge in [0.1, 0.15) is 0 Å². The van der Waals surface area contributed by atoms with Crippen LogP contribution in [0, 0.1) is 17.2 Å². The van der Waals surface area contributed by atoms with E-state index in [1.54, 1.807) is 0 Å². The number of likely N-dealkylation sites (N-methyl/N-ethyl adjacent to an activating group) is 1. The second-order valence-electron chi connectivity index (χ2n) is 7.48. The van der Waals surface area contributed by atoms with Gasteiger partial charge in [-0.15, -0.1) is 0 Å². The fraction of sp³-hybridized carbons (Fsp3) is 0.435. The predicted molar refractivity (Wildman–Crippen MR) is 121 cm³/mol. The van der Waals surface area contributed by atoms with Crippen molar-refractivity contribution >= 4 is 31.9 Å². The maximum atomic E-state index is 10.2. The summed E-state index contributed by atoms with van der Waals surface area (Å²) in [5, 5.41) is 10.2. The molecule has 1 unspecified atom stereocenters. The van der Waals surface area contributed by atoms with Crippen LogP contribution in [-0.4, -0.2) is 25.0 Å². The van der Waals surface area contributed by atoms with E-state index in [4.69, 9.17) is 0 Å². The van der Waals surface area contributed by atoms with Gasteiger partial charge in [0.05, 0.1) is 11.5 Å². The summed E-state index contributed by atoms with van der Waals surface area (Å²) in [4.78, 5) is 2.37. The summed E-state index contributed by atoms with van der Waals surface area (Å²) in [6.07, 6.45) is 2.89. The molecule has 0 bridgehead atoms. The molecule has 0 amide bonds. The normalized spacial score (nSPS) is 13.6. The fourth-order valence-electron chi connectivity index (χ4n) is 3.57. The van der Waals surface area contributed by atoms with Gasteiger partial charge in [0.25, 0.3) is 0 Å². The van der Waals surface area contributed by atoms with Gasteiger partial charge >= 0.3 is 0 Å². The predicted octanol–water partition coefficient (Wildman–Crippen LogP) is 6.58. The van der Waals surface area contributed by atoms with Crippen molar-refractivity contribution in [1.29, 1.82) is 5.26 Å². The van der Waals surface area contributed by atoms with Crippen molar-refractivity contribution in [3.63, 3.8) is 0 Å². The first-order valence-electron chi connectivity index (χ1n) is 9.49. The number of nitriles is 1. The molecule has 2 rings (SSSR count). The quantitative estimate of drug-likeness (QED) is 0.395. The van der Waals surface area contributed by atoms with Crippen LogP contribution in [0.2, 0.25) is 0 Å². The zero-order chi connectivity index (χ0) is 19.9. The van der Waals surface area contributed by atoms with E-state index < -0.39 is 5.41 Å². The van der Waals surface area contributed by atoms with Crippen LogP contribution in [0.15, 0.2) is 57.5 Å². The topological polar surface area (TPSA) is 27.0 Å². The van der Waals surface area contributed by atoms with E-state index in [-0.39, 0.29) is 5.92 Å². The Bertz CT molecular complexity index is 747. The molecule has 4 heteroatoms. The third-order valence-electron chi connectivity index (χ3n) is 5.33. The molecule has 0 saturated heterocycles. The molecular weight excluding hydrogens is 464 g/mol. The Morgan fingerprint density at radius 1 is 1.00 bits per heavy atom. The fourth-order valence-corrected chi connectivity index (χ4v) is 5.28. The number of halogens is 2. The molecule has 0 aliphatic carbocycles. The highest BCUT2D eigenvalue weighted by atomic mass is 79.9. The molecule has 2 nitrogen and oxygen atoms in total. The van der Waals surface area contributed by atoms with Gasteiger partial charge < -0.3 is 4.90 Å². The van der Waals surface area contributed by atoms with Crippen molar-refractivity contribution in [2.45, 2.75) is 38.5 Å². The van der Waals surface area contributed by atoms with Gasteiger partial charge in [0, 0.05) is 21.1 Å². The smallest absolute Gasteiger partial charge is 0.0867 e. The highest BCUT2D eigenvalue weighted by molar-refractivity contribution is 9.11. The zero-order valence-corrected chi connectivity index (χ0v) is 19.6. The minimum Gasteiger partial charge on any atom is -0.306 e. The largest absolute Gasteiger partial charge is 0.306 e. The molecule has 144 valence electrons. The van der Waals surface area contributed by atoms with Crippen molar-refractivity contribution in [3.8, 4) is 6.07 Å². The lowest BCUT2D eigenvalue weighted by Crippen LogP contribution is -2.33. The van der Waals surface area contributed by atoms with E-state index in [0.717, 1.165) is 46.9 Å². The lowest BCUT2D eigenvalue weighted by Gasteiger charge is -2.33. The first-order valence-corrected chi connectivity index (χ1v) is 11.1. The number of benzene rings is 2. The molecule has 0 N–H and O–H groups in total. The van der Waals surface area contributed by atoms with Crippen molar-refractivity contribution in [3.05, 3.63) is 68.6 Å². The highest BCUT2D eigenvalue weighted by Gasteiger charge is 2.38. The maximum absolute atomic E-state index is 10.2. The lowest BCUT2D eigenvalue weighted by molar-refractivity contribution is 0.293. The zero-order valence-electron chi connectivity index (χ0n) is 16.4. The van der Waals surface area contributed by atoms with Gasteiger partial charge in [-0.3, -0.25) is 0 Å². The van der Waals surface area contributed by atoms with Crippen LogP contribution in [0.5, 0.6) is 0 Å². The maximum Gasteiger partial charge on any atom is 0.0867 e. The summed E-state index contributed by atoms with van der Waals surface area (Å²) in [5.41, 5.74) is 1.95. The van der Waals surface area contributed by atoms with Crippen LogP contribution < -0.4 is 0 Å². The summed E-state index contributed by atoms with van der Waals surface area (Å²) in [7, 11) is 2.17. The number of rotatable bonds is 9. The van der Waals surface area contributed by atoms with E-state index in [9.17, 15) is 5.26 Å². The molecule has 0 aliphatic heterocycles. The molecule has 0 heterocycles. The van der Waals surface area contributed by atoms with Crippen LogP contribution >= 0.6 is 31.9 Å². The van der Waals surface area contributed by atoms with Crippen LogP contribution in [0.3, 0.4) is 0 Å². The van der Waals surface area contributed by atoms with Crippen LogP contribution in [0.25, 0.3) is 0 Å². The Labute approximate surface area is 180 Å². The summed E-state index contributed by atoms with van der Waals surface area (Å²) in [6, 6.07) is 19.3. The molecular formula is C23H28Br2N2. The summed E-state index contributed by atoms with van der Waals surface area (Å²) in [6.45, 7) is 6.32. The van der Waals surface area contributed by atoms with Gasteiger partial charge in [-0.05, 0) is 56.5 Å². The van der Waals surface area contributed by atoms with Crippen molar-refractivity contribution in [2.24, 2.45) is 5.92 Å². The van der Waals surface area contributed by atoms with Crippen molar-refractivity contribution in [1.82, 2.24) is 4.90 Å². The van der Waals surface area contributed by atoms with Gasteiger partial charge in [-0.25, -0.2) is 0 Å². The standard InChI is InChI=1S/C23H28Br2N2/c1-18(2)23(17-26,22-20(24)11-7-12-21(22)25)14-8-15-27(3)16-13-19-9-5-4-6-10-19/h4-7,9-12,18H,8,13-16H2,1-3H3. The Balaban J connectivity index is 2.02. The Kier molecular flexibility index (Phi) is 8.54. The van der Waals surface area contributed by atoms with Gasteiger partial charge in [0.15, 0.2) is 0 Å². The van der Waals surface area contributed by atoms with E-state index in [2.05, 4.69) is 94.1 Å². The third kappa shape index (κ3) is 5.67. The van der Waals surface area contributed by atoms with Gasteiger partial charge in [-0.1, -0.05) is 82.1 Å². The summed E-state index contributed by atoms with van der Waals surface area (Å²) in [5.74, 6) is 0.229. The molecule has 0 aliphatic rings.